The van der Waals surface area contributed by atoms with E-state index in [0.29, 0.717) is 12.5 Å². The van der Waals surface area contributed by atoms with E-state index in [9.17, 15) is 0 Å². The molecule has 104 valence electrons. The van der Waals surface area contributed by atoms with E-state index in [4.69, 9.17) is 5.84 Å². The molecule has 20 heavy (non-hydrogen) atoms. The zero-order valence-corrected chi connectivity index (χ0v) is 12.7. The number of nitrogens with two attached hydrogens (primary N) is 1. The second-order valence-electron chi connectivity index (χ2n) is 4.32. The maximum atomic E-state index is 5.42. The number of aryl methyl sites for hydroxylation is 2. The minimum atomic E-state index is 0.419. The van der Waals surface area contributed by atoms with Gasteiger partial charge in [-0.05, 0) is 19.9 Å². The third-order valence-corrected chi connectivity index (χ3v) is 4.60. The average Bonchev–Trinajstić information content (AvgIpc) is 3.00. The first kappa shape index (κ1) is 13.2. The van der Waals surface area contributed by atoms with Crippen LogP contribution in [0.4, 0.5) is 11.8 Å². The molecule has 0 fully saturated rings. The minimum Gasteiger partial charge on any atom is -0.364 e. The first-order chi connectivity index (χ1) is 9.65. The number of hydrogen-bond donors (Lipinski definition) is 3. The van der Waals surface area contributed by atoms with Crippen LogP contribution in [-0.4, -0.2) is 15.0 Å². The van der Waals surface area contributed by atoms with Gasteiger partial charge >= 0.3 is 0 Å². The van der Waals surface area contributed by atoms with E-state index in [1.54, 1.807) is 22.7 Å². The number of rotatable bonds is 4. The fraction of sp³-hybridized carbons (Fsp3) is 0.250. The number of hydrazine groups is 1. The van der Waals surface area contributed by atoms with Crippen molar-refractivity contribution in [3.8, 4) is 0 Å². The second kappa shape index (κ2) is 5.31. The molecule has 0 saturated heterocycles. The smallest absolute Gasteiger partial charge is 0.240 e. The molecule has 0 aliphatic rings. The van der Waals surface area contributed by atoms with E-state index in [2.05, 4.69) is 38.7 Å². The molecule has 4 N–H and O–H groups in total. The van der Waals surface area contributed by atoms with Gasteiger partial charge in [0.1, 0.15) is 10.6 Å². The van der Waals surface area contributed by atoms with Crippen LogP contribution in [0.25, 0.3) is 10.2 Å². The summed E-state index contributed by atoms with van der Waals surface area (Å²) in [5, 5.41) is 5.42. The molecule has 0 radical (unpaired) electrons. The number of fused-ring (bicyclic) bond motifs is 1. The summed E-state index contributed by atoms with van der Waals surface area (Å²) in [6.45, 7) is 4.74. The fourth-order valence-electron chi connectivity index (χ4n) is 1.90. The van der Waals surface area contributed by atoms with Crippen molar-refractivity contribution >= 4 is 44.7 Å². The Kier molecular flexibility index (Phi) is 3.51. The summed E-state index contributed by atoms with van der Waals surface area (Å²) in [5.74, 6) is 6.63. The number of aromatic nitrogens is 3. The van der Waals surface area contributed by atoms with Crippen LogP contribution in [-0.2, 0) is 6.54 Å². The number of nitrogens with one attached hydrogen (secondary N) is 2. The highest BCUT2D eigenvalue weighted by Crippen LogP contribution is 2.29. The number of hydrogen-bond acceptors (Lipinski definition) is 8. The largest absolute Gasteiger partial charge is 0.364 e. The highest BCUT2D eigenvalue weighted by molar-refractivity contribution is 7.18. The monoisotopic (exact) mass is 306 g/mol. The number of thiazole rings is 1. The summed E-state index contributed by atoms with van der Waals surface area (Å²) in [6.07, 6.45) is 1.88. The molecule has 3 aromatic rings. The van der Waals surface area contributed by atoms with E-state index >= 15 is 0 Å². The molecule has 3 aromatic heterocycles. The maximum Gasteiger partial charge on any atom is 0.240 e. The zero-order valence-electron chi connectivity index (χ0n) is 11.1. The highest BCUT2D eigenvalue weighted by atomic mass is 32.1. The van der Waals surface area contributed by atoms with Crippen molar-refractivity contribution in [1.29, 1.82) is 0 Å². The molecule has 0 bridgehead atoms. The summed E-state index contributed by atoms with van der Waals surface area (Å²) >= 11 is 3.30. The number of anilines is 2. The summed E-state index contributed by atoms with van der Waals surface area (Å²) in [5.41, 5.74) is 2.51. The summed E-state index contributed by atoms with van der Waals surface area (Å²) in [4.78, 5) is 16.3. The highest BCUT2D eigenvalue weighted by Gasteiger charge is 2.10. The summed E-state index contributed by atoms with van der Waals surface area (Å²) in [7, 11) is 0. The van der Waals surface area contributed by atoms with Crippen LogP contribution in [0.1, 0.15) is 14.8 Å². The lowest BCUT2D eigenvalue weighted by Crippen LogP contribution is -2.11. The molecule has 0 saturated carbocycles. The van der Waals surface area contributed by atoms with Crippen LogP contribution in [0.3, 0.4) is 0 Å². The van der Waals surface area contributed by atoms with Crippen molar-refractivity contribution in [3.05, 3.63) is 27.0 Å². The molecule has 6 nitrogen and oxygen atoms in total. The van der Waals surface area contributed by atoms with Gasteiger partial charge in [-0.2, -0.15) is 4.98 Å². The molecule has 8 heteroatoms. The Morgan fingerprint density at radius 2 is 2.10 bits per heavy atom. The summed E-state index contributed by atoms with van der Waals surface area (Å²) in [6, 6.07) is 2.08. The van der Waals surface area contributed by atoms with Crippen LogP contribution in [0.5, 0.6) is 0 Å². The van der Waals surface area contributed by atoms with Crippen molar-refractivity contribution in [1.82, 2.24) is 15.0 Å². The molecule has 0 aliphatic heterocycles. The number of nitrogen functional groups attached to an aromatic ring is 1. The molecule has 0 atom stereocenters. The van der Waals surface area contributed by atoms with Crippen LogP contribution in [0.2, 0.25) is 0 Å². The Labute approximate surface area is 124 Å². The van der Waals surface area contributed by atoms with Gasteiger partial charge < -0.3 is 5.32 Å². The fourth-order valence-corrected chi connectivity index (χ4v) is 3.51. The third-order valence-electron chi connectivity index (χ3n) is 2.74. The van der Waals surface area contributed by atoms with E-state index < -0.39 is 0 Å². The van der Waals surface area contributed by atoms with Crippen molar-refractivity contribution in [2.75, 3.05) is 10.7 Å². The van der Waals surface area contributed by atoms with E-state index in [-0.39, 0.29) is 0 Å². The quantitative estimate of drug-likeness (QED) is 0.507. The van der Waals surface area contributed by atoms with Crippen molar-refractivity contribution < 1.29 is 0 Å². The molecule has 0 unspecified atom stereocenters. The Morgan fingerprint density at radius 1 is 1.25 bits per heavy atom. The Balaban J connectivity index is 1.92. The van der Waals surface area contributed by atoms with Crippen LogP contribution < -0.4 is 16.6 Å². The number of nitrogens with zero attached hydrogens (tertiary/aromatic N) is 3. The Morgan fingerprint density at radius 3 is 2.80 bits per heavy atom. The third kappa shape index (κ3) is 2.58. The van der Waals surface area contributed by atoms with Gasteiger partial charge in [-0.15, -0.1) is 22.7 Å². The molecular weight excluding hydrogens is 292 g/mol. The molecule has 3 rings (SSSR count). The van der Waals surface area contributed by atoms with Crippen molar-refractivity contribution in [3.63, 3.8) is 0 Å². The molecule has 0 spiro atoms. The molecular formula is C12H14N6S2. The second-order valence-corrected chi connectivity index (χ2v) is 6.87. The van der Waals surface area contributed by atoms with Crippen molar-refractivity contribution in [2.24, 2.45) is 5.84 Å². The lowest BCUT2D eigenvalue weighted by Gasteiger charge is -2.07. The lowest BCUT2D eigenvalue weighted by molar-refractivity contribution is 1.10. The van der Waals surface area contributed by atoms with Crippen LogP contribution in [0, 0.1) is 13.8 Å². The van der Waals surface area contributed by atoms with Gasteiger partial charge in [-0.1, -0.05) is 0 Å². The average molecular weight is 306 g/mol. The predicted molar refractivity (Wildman–Crippen MR) is 84.1 cm³/mol. The van der Waals surface area contributed by atoms with Crippen LogP contribution in [0.15, 0.2) is 12.3 Å². The van der Waals surface area contributed by atoms with Crippen LogP contribution >= 0.6 is 22.7 Å². The number of thiophene rings is 1. The molecule has 3 heterocycles. The van der Waals surface area contributed by atoms with Gasteiger partial charge in [0, 0.05) is 16.0 Å². The van der Waals surface area contributed by atoms with E-state index in [0.717, 1.165) is 21.0 Å². The Bertz CT molecular complexity index is 748. The Hall–Kier alpha value is -1.77. The first-order valence-electron chi connectivity index (χ1n) is 6.05. The lowest BCUT2D eigenvalue weighted by atomic mass is 10.3. The first-order valence-corrected chi connectivity index (χ1v) is 7.69. The minimum absolute atomic E-state index is 0.419. The van der Waals surface area contributed by atoms with Gasteiger partial charge in [0.15, 0.2) is 0 Å². The van der Waals surface area contributed by atoms with Gasteiger partial charge in [0.25, 0.3) is 0 Å². The predicted octanol–water partition coefficient (Wildman–Crippen LogP) is 2.66. The zero-order chi connectivity index (χ0) is 14.1. The molecule has 0 aliphatic carbocycles. The van der Waals surface area contributed by atoms with Crippen molar-refractivity contribution in [2.45, 2.75) is 20.4 Å². The molecule has 0 amide bonds. The summed E-state index contributed by atoms with van der Waals surface area (Å²) < 4.78 is 0. The van der Waals surface area contributed by atoms with Gasteiger partial charge in [0.2, 0.25) is 5.95 Å². The SMILES string of the molecule is Cc1cc2c(NCc3cnc(C)s3)nc(NN)nc2s1. The molecule has 0 aromatic carbocycles. The van der Waals surface area contributed by atoms with Gasteiger partial charge in [-0.3, -0.25) is 5.43 Å². The standard InChI is InChI=1S/C12H14N6S2/c1-6-3-9-10(15-5-8-4-14-7(2)20-8)16-12(18-13)17-11(9)19-6/h3-4H,5,13H2,1-2H3,(H2,15,16,17,18). The van der Waals surface area contributed by atoms with E-state index in [1.165, 1.54) is 9.75 Å². The normalized spacial score (nSPS) is 10.9. The maximum absolute atomic E-state index is 5.42. The van der Waals surface area contributed by atoms with E-state index in [1.807, 2.05) is 13.1 Å². The van der Waals surface area contributed by atoms with Gasteiger partial charge in [0.05, 0.1) is 16.9 Å². The topological polar surface area (TPSA) is 88.8 Å². The van der Waals surface area contributed by atoms with Gasteiger partial charge in [-0.25, -0.2) is 15.8 Å².